The van der Waals surface area contributed by atoms with Gasteiger partial charge in [0.25, 0.3) is 5.95 Å². The van der Waals surface area contributed by atoms with Crippen molar-refractivity contribution >= 4 is 5.95 Å². The smallest absolute Gasteiger partial charge is 0.262 e. The van der Waals surface area contributed by atoms with Crippen molar-refractivity contribution in [3.05, 3.63) is 34.9 Å². The van der Waals surface area contributed by atoms with Gasteiger partial charge in [0.05, 0.1) is 11.4 Å². The predicted molar refractivity (Wildman–Crippen MR) is 71.5 cm³/mol. The molecule has 0 aliphatic heterocycles. The molecular formula is C13H19N5. The zero-order valence-electron chi connectivity index (χ0n) is 11.4. The molecule has 2 aromatic heterocycles. The molecule has 2 heterocycles. The molecule has 0 amide bonds. The van der Waals surface area contributed by atoms with Gasteiger partial charge in [0.15, 0.2) is 0 Å². The molecule has 0 aliphatic carbocycles. The number of hydrogen-bond acceptors (Lipinski definition) is 4. The summed E-state index contributed by atoms with van der Waals surface area (Å²) in [5.74, 6) is 0.548. The van der Waals surface area contributed by atoms with E-state index < -0.39 is 0 Å². The minimum absolute atomic E-state index is 0.548. The van der Waals surface area contributed by atoms with Gasteiger partial charge in [0.1, 0.15) is 0 Å². The molecule has 0 atom stereocenters. The summed E-state index contributed by atoms with van der Waals surface area (Å²) in [4.78, 5) is 4.51. The summed E-state index contributed by atoms with van der Waals surface area (Å²) in [5.41, 5.74) is 7.40. The van der Waals surface area contributed by atoms with Crippen molar-refractivity contribution in [3.63, 3.8) is 0 Å². The number of rotatable bonds is 4. The van der Waals surface area contributed by atoms with E-state index in [1.165, 1.54) is 0 Å². The van der Waals surface area contributed by atoms with Crippen LogP contribution >= 0.6 is 0 Å². The minimum atomic E-state index is 0.548. The SMILES string of the molecule is CCc1nnc(Nn2c(C)ccc2C)nc1CC. The summed E-state index contributed by atoms with van der Waals surface area (Å²) in [6.07, 6.45) is 1.74. The third kappa shape index (κ3) is 2.34. The molecule has 2 aromatic rings. The molecule has 2 rings (SSSR count). The Morgan fingerprint density at radius 3 is 2.17 bits per heavy atom. The van der Waals surface area contributed by atoms with Crippen molar-refractivity contribution in [1.29, 1.82) is 0 Å². The lowest BCUT2D eigenvalue weighted by Gasteiger charge is -2.12. The summed E-state index contributed by atoms with van der Waals surface area (Å²) in [7, 11) is 0. The number of nitrogens with zero attached hydrogens (tertiary/aromatic N) is 4. The Balaban J connectivity index is 2.30. The highest BCUT2D eigenvalue weighted by Crippen LogP contribution is 2.10. The predicted octanol–water partition coefficient (Wildman–Crippen LogP) is 2.29. The summed E-state index contributed by atoms with van der Waals surface area (Å²) >= 11 is 0. The fraction of sp³-hybridized carbons (Fsp3) is 0.462. The van der Waals surface area contributed by atoms with Crippen molar-refractivity contribution < 1.29 is 0 Å². The van der Waals surface area contributed by atoms with Crippen LogP contribution in [0.1, 0.15) is 36.6 Å². The van der Waals surface area contributed by atoms with Gasteiger partial charge in [-0.25, -0.2) is 4.98 Å². The van der Waals surface area contributed by atoms with E-state index >= 15 is 0 Å². The molecule has 0 aromatic carbocycles. The minimum Gasteiger partial charge on any atom is -0.262 e. The van der Waals surface area contributed by atoms with Gasteiger partial charge in [-0.15, -0.1) is 10.2 Å². The fourth-order valence-electron chi connectivity index (χ4n) is 1.93. The quantitative estimate of drug-likeness (QED) is 0.898. The van der Waals surface area contributed by atoms with Gasteiger partial charge in [-0.3, -0.25) is 10.1 Å². The highest BCUT2D eigenvalue weighted by atomic mass is 15.5. The van der Waals surface area contributed by atoms with E-state index in [2.05, 4.69) is 46.6 Å². The lowest BCUT2D eigenvalue weighted by Crippen LogP contribution is -2.16. The van der Waals surface area contributed by atoms with Gasteiger partial charge in [-0.1, -0.05) is 13.8 Å². The van der Waals surface area contributed by atoms with Gasteiger partial charge < -0.3 is 0 Å². The zero-order chi connectivity index (χ0) is 13.1. The number of aromatic nitrogens is 4. The molecule has 0 saturated heterocycles. The maximum atomic E-state index is 4.51. The van der Waals surface area contributed by atoms with E-state index in [9.17, 15) is 0 Å². The lowest BCUT2D eigenvalue weighted by molar-refractivity contribution is 0.787. The van der Waals surface area contributed by atoms with Gasteiger partial charge in [-0.05, 0) is 38.8 Å². The van der Waals surface area contributed by atoms with Crippen LogP contribution in [0.4, 0.5) is 5.95 Å². The molecule has 0 unspecified atom stereocenters. The standard InChI is InChI=1S/C13H19N5/c1-5-11-12(6-2)15-16-13(14-11)17-18-9(3)7-8-10(18)4/h7-8H,5-6H2,1-4H3,(H,14,16,17). The first-order valence-corrected chi connectivity index (χ1v) is 6.30. The molecule has 5 nitrogen and oxygen atoms in total. The Hall–Kier alpha value is -1.91. The van der Waals surface area contributed by atoms with Gasteiger partial charge >= 0.3 is 0 Å². The van der Waals surface area contributed by atoms with Gasteiger partial charge in [0, 0.05) is 11.4 Å². The monoisotopic (exact) mass is 245 g/mol. The maximum Gasteiger partial charge on any atom is 0.262 e. The average Bonchev–Trinajstić information content (AvgIpc) is 2.70. The van der Waals surface area contributed by atoms with Crippen molar-refractivity contribution in [2.45, 2.75) is 40.5 Å². The Morgan fingerprint density at radius 1 is 1.00 bits per heavy atom. The van der Waals surface area contributed by atoms with Crippen LogP contribution in [-0.4, -0.2) is 19.9 Å². The normalized spacial score (nSPS) is 10.7. The third-order valence-electron chi connectivity index (χ3n) is 2.99. The molecular weight excluding hydrogens is 226 g/mol. The zero-order valence-corrected chi connectivity index (χ0v) is 11.4. The lowest BCUT2D eigenvalue weighted by atomic mass is 10.2. The number of anilines is 1. The van der Waals surface area contributed by atoms with Crippen LogP contribution in [0, 0.1) is 13.8 Å². The maximum absolute atomic E-state index is 4.51. The van der Waals surface area contributed by atoms with Crippen LogP contribution in [0.25, 0.3) is 0 Å². The van der Waals surface area contributed by atoms with Crippen LogP contribution in [0.15, 0.2) is 12.1 Å². The number of nitrogens with one attached hydrogen (secondary N) is 1. The molecule has 1 N–H and O–H groups in total. The summed E-state index contributed by atoms with van der Waals surface area (Å²) in [6, 6.07) is 4.10. The summed E-state index contributed by atoms with van der Waals surface area (Å²) in [6.45, 7) is 8.22. The Morgan fingerprint density at radius 2 is 1.61 bits per heavy atom. The molecule has 96 valence electrons. The number of aryl methyl sites for hydroxylation is 4. The van der Waals surface area contributed by atoms with E-state index in [0.29, 0.717) is 5.95 Å². The Labute approximate surface area is 107 Å². The average molecular weight is 245 g/mol. The van der Waals surface area contributed by atoms with Crippen LogP contribution in [0.5, 0.6) is 0 Å². The number of hydrogen-bond donors (Lipinski definition) is 1. The molecule has 0 aliphatic rings. The first kappa shape index (κ1) is 12.5. The van der Waals surface area contributed by atoms with Gasteiger partial charge in [-0.2, -0.15) is 0 Å². The highest BCUT2D eigenvalue weighted by Gasteiger charge is 2.07. The first-order valence-electron chi connectivity index (χ1n) is 6.30. The van der Waals surface area contributed by atoms with Crippen LogP contribution in [-0.2, 0) is 12.8 Å². The van der Waals surface area contributed by atoms with E-state index in [0.717, 1.165) is 35.6 Å². The molecule has 0 saturated carbocycles. The second-order valence-corrected chi connectivity index (χ2v) is 4.30. The molecule has 5 heteroatoms. The van der Waals surface area contributed by atoms with Crippen LogP contribution in [0.2, 0.25) is 0 Å². The van der Waals surface area contributed by atoms with Crippen molar-refractivity contribution in [3.8, 4) is 0 Å². The Kier molecular flexibility index (Phi) is 3.60. The molecule has 0 bridgehead atoms. The molecule has 0 fully saturated rings. The van der Waals surface area contributed by atoms with Crippen molar-refractivity contribution in [2.24, 2.45) is 0 Å². The summed E-state index contributed by atoms with van der Waals surface area (Å²) < 4.78 is 1.96. The summed E-state index contributed by atoms with van der Waals surface area (Å²) in [5, 5.41) is 8.34. The highest BCUT2D eigenvalue weighted by molar-refractivity contribution is 5.29. The fourth-order valence-corrected chi connectivity index (χ4v) is 1.93. The third-order valence-corrected chi connectivity index (χ3v) is 2.99. The van der Waals surface area contributed by atoms with Crippen LogP contribution < -0.4 is 5.43 Å². The largest absolute Gasteiger partial charge is 0.262 e. The van der Waals surface area contributed by atoms with Gasteiger partial charge in [0.2, 0.25) is 0 Å². The van der Waals surface area contributed by atoms with E-state index in [1.807, 2.05) is 18.5 Å². The van der Waals surface area contributed by atoms with Crippen molar-refractivity contribution in [2.75, 3.05) is 5.43 Å². The van der Waals surface area contributed by atoms with E-state index in [4.69, 9.17) is 0 Å². The Bertz CT molecular complexity index is 525. The second kappa shape index (κ2) is 5.16. The topological polar surface area (TPSA) is 55.6 Å². The first-order chi connectivity index (χ1) is 8.65. The molecule has 18 heavy (non-hydrogen) atoms. The van der Waals surface area contributed by atoms with Crippen LogP contribution in [0.3, 0.4) is 0 Å². The van der Waals surface area contributed by atoms with E-state index in [1.54, 1.807) is 0 Å². The second-order valence-electron chi connectivity index (χ2n) is 4.30. The van der Waals surface area contributed by atoms with Crippen molar-refractivity contribution in [1.82, 2.24) is 19.9 Å². The molecule has 0 radical (unpaired) electrons. The van der Waals surface area contributed by atoms with E-state index in [-0.39, 0.29) is 0 Å². The molecule has 0 spiro atoms.